The lowest BCUT2D eigenvalue weighted by molar-refractivity contribution is -0.119. The van der Waals surface area contributed by atoms with Gasteiger partial charge in [-0.05, 0) is 11.6 Å². The van der Waals surface area contributed by atoms with Crippen LogP contribution in [0.2, 0.25) is 0 Å². The van der Waals surface area contributed by atoms with Gasteiger partial charge in [0.2, 0.25) is 0 Å². The molecule has 78 valence electrons. The maximum atomic E-state index is 11.1. The lowest BCUT2D eigenvalue weighted by Crippen LogP contribution is -2.34. The van der Waals surface area contributed by atoms with Crippen LogP contribution in [-0.2, 0) is 4.79 Å². The number of benzene rings is 1. The molecule has 0 unspecified atom stereocenters. The number of hydrogen-bond donors (Lipinski definition) is 0. The molecule has 0 bridgehead atoms. The molecule has 1 fully saturated rings. The number of hydrogen-bond acceptors (Lipinski definition) is 2. The molecule has 0 N–H and O–H groups in total. The Kier molecular flexibility index (Phi) is 2.86. The molecule has 0 radical (unpaired) electrons. The second-order valence-electron chi connectivity index (χ2n) is 3.79. The van der Waals surface area contributed by atoms with Crippen molar-refractivity contribution in [2.45, 2.75) is 12.8 Å². The maximum absolute atomic E-state index is 11.1. The summed E-state index contributed by atoms with van der Waals surface area (Å²) in [4.78, 5) is 13.4. The molecule has 1 aromatic rings. The molecule has 1 saturated heterocycles. The summed E-state index contributed by atoms with van der Waals surface area (Å²) in [6.07, 6.45) is 3.21. The monoisotopic (exact) mass is 201 g/mol. The first-order valence-electron chi connectivity index (χ1n) is 5.29. The summed E-state index contributed by atoms with van der Waals surface area (Å²) in [5.41, 5.74) is 2.34. The first kappa shape index (κ1) is 9.97. The van der Waals surface area contributed by atoms with Crippen LogP contribution >= 0.6 is 0 Å². The topological polar surface area (TPSA) is 20.3 Å². The molecule has 2 rings (SSSR count). The highest BCUT2D eigenvalue weighted by Gasteiger charge is 2.17. The normalized spacial score (nSPS) is 16.5. The van der Waals surface area contributed by atoms with Gasteiger partial charge in [-0.25, -0.2) is 0 Å². The number of nitrogens with zero attached hydrogens (tertiary/aromatic N) is 1. The average Bonchev–Trinajstić information content (AvgIpc) is 2.30. The molecule has 0 spiro atoms. The van der Waals surface area contributed by atoms with Gasteiger partial charge in [0.25, 0.3) is 0 Å². The summed E-state index contributed by atoms with van der Waals surface area (Å²) in [7, 11) is 0. The van der Waals surface area contributed by atoms with Gasteiger partial charge < -0.3 is 4.90 Å². The summed E-state index contributed by atoms with van der Waals surface area (Å²) in [5, 5.41) is 0. The van der Waals surface area contributed by atoms with Crippen LogP contribution in [0.3, 0.4) is 0 Å². The smallest absolute Gasteiger partial charge is 0.136 e. The molecule has 2 nitrogen and oxygen atoms in total. The average molecular weight is 201 g/mol. The van der Waals surface area contributed by atoms with Crippen LogP contribution < -0.4 is 4.90 Å². The summed E-state index contributed by atoms with van der Waals surface area (Å²) in [5.74, 6) is 0.377. The second kappa shape index (κ2) is 4.30. The Bertz CT molecular complexity index is 374. The van der Waals surface area contributed by atoms with Gasteiger partial charge in [0.05, 0.1) is 0 Å². The highest BCUT2D eigenvalue weighted by Crippen LogP contribution is 2.23. The Labute approximate surface area is 90.2 Å². The molecule has 0 aromatic heterocycles. The Morgan fingerprint density at radius 1 is 1.20 bits per heavy atom. The number of anilines is 1. The minimum absolute atomic E-state index is 0.377. The van der Waals surface area contributed by atoms with Gasteiger partial charge in [0.15, 0.2) is 0 Å². The second-order valence-corrected chi connectivity index (χ2v) is 3.79. The molecule has 2 heteroatoms. The Balaban J connectivity index is 2.21. The molecule has 15 heavy (non-hydrogen) atoms. The van der Waals surface area contributed by atoms with Gasteiger partial charge >= 0.3 is 0 Å². The first-order chi connectivity index (χ1) is 7.31. The third-order valence-electron chi connectivity index (χ3n) is 2.82. The van der Waals surface area contributed by atoms with Crippen LogP contribution in [0.15, 0.2) is 30.8 Å². The van der Waals surface area contributed by atoms with Gasteiger partial charge in [-0.1, -0.05) is 30.9 Å². The quantitative estimate of drug-likeness (QED) is 0.732. The van der Waals surface area contributed by atoms with Crippen molar-refractivity contribution in [1.29, 1.82) is 0 Å². The Morgan fingerprint density at radius 2 is 1.87 bits per heavy atom. The van der Waals surface area contributed by atoms with Crippen LogP contribution in [0.1, 0.15) is 18.4 Å². The highest BCUT2D eigenvalue weighted by atomic mass is 16.1. The van der Waals surface area contributed by atoms with Crippen molar-refractivity contribution in [3.8, 4) is 0 Å². The van der Waals surface area contributed by atoms with Crippen LogP contribution in [0.25, 0.3) is 6.08 Å². The van der Waals surface area contributed by atoms with Gasteiger partial charge in [0.1, 0.15) is 5.78 Å². The number of carbonyl (C=O) groups excluding carboxylic acids is 1. The lowest BCUT2D eigenvalue weighted by atomic mass is 10.1. The molecule has 1 heterocycles. The van der Waals surface area contributed by atoms with Crippen molar-refractivity contribution >= 4 is 17.5 Å². The zero-order valence-electron chi connectivity index (χ0n) is 8.78. The fraction of sp³-hybridized carbons (Fsp3) is 0.308. The molecule has 1 aliphatic rings. The largest absolute Gasteiger partial charge is 0.370 e. The van der Waals surface area contributed by atoms with E-state index in [9.17, 15) is 4.79 Å². The van der Waals surface area contributed by atoms with E-state index in [1.165, 1.54) is 5.69 Å². The number of para-hydroxylation sites is 1. The van der Waals surface area contributed by atoms with E-state index in [-0.39, 0.29) is 0 Å². The minimum Gasteiger partial charge on any atom is -0.370 e. The molecule has 1 aromatic carbocycles. The van der Waals surface area contributed by atoms with Crippen LogP contribution in [0, 0.1) is 0 Å². The summed E-state index contributed by atoms with van der Waals surface area (Å²) >= 11 is 0. The Hall–Kier alpha value is -1.57. The fourth-order valence-electron chi connectivity index (χ4n) is 1.95. The number of Topliss-reactive ketones (excluding diaryl/α,β-unsaturated/α-hetero) is 1. The number of ketones is 1. The summed E-state index contributed by atoms with van der Waals surface area (Å²) in [6, 6.07) is 8.18. The predicted molar refractivity (Wildman–Crippen MR) is 63.0 cm³/mol. The standard InChI is InChI=1S/C13H15NO/c1-2-11-5-3-4-6-13(11)14-9-7-12(15)8-10-14/h2-6H,1,7-10H2. The van der Waals surface area contributed by atoms with E-state index in [1.54, 1.807) is 0 Å². The summed E-state index contributed by atoms with van der Waals surface area (Å²) in [6.45, 7) is 5.48. The zero-order valence-corrected chi connectivity index (χ0v) is 8.78. The molecular weight excluding hydrogens is 186 g/mol. The van der Waals surface area contributed by atoms with Gasteiger partial charge in [0, 0.05) is 31.6 Å². The minimum atomic E-state index is 0.377. The SMILES string of the molecule is C=Cc1ccccc1N1CCC(=O)CC1. The van der Waals surface area contributed by atoms with Crippen LogP contribution in [-0.4, -0.2) is 18.9 Å². The van der Waals surface area contributed by atoms with Crippen molar-refractivity contribution in [2.75, 3.05) is 18.0 Å². The molecule has 1 aliphatic heterocycles. The fourth-order valence-corrected chi connectivity index (χ4v) is 1.95. The first-order valence-corrected chi connectivity index (χ1v) is 5.29. The van der Waals surface area contributed by atoms with E-state index in [0.717, 1.165) is 18.7 Å². The highest BCUT2D eigenvalue weighted by molar-refractivity contribution is 5.81. The van der Waals surface area contributed by atoms with Crippen molar-refractivity contribution in [2.24, 2.45) is 0 Å². The van der Waals surface area contributed by atoms with Crippen LogP contribution in [0.5, 0.6) is 0 Å². The predicted octanol–water partition coefficient (Wildman–Crippen LogP) is 2.50. The molecule has 0 saturated carbocycles. The number of piperidine rings is 1. The summed E-state index contributed by atoms with van der Waals surface area (Å²) < 4.78 is 0. The van der Waals surface area contributed by atoms with Gasteiger partial charge in [-0.2, -0.15) is 0 Å². The molecule has 0 amide bonds. The van der Waals surface area contributed by atoms with Crippen molar-refractivity contribution in [3.05, 3.63) is 36.4 Å². The van der Waals surface area contributed by atoms with Crippen LogP contribution in [0.4, 0.5) is 5.69 Å². The van der Waals surface area contributed by atoms with E-state index in [4.69, 9.17) is 0 Å². The molecular formula is C13H15NO. The third-order valence-corrected chi connectivity index (χ3v) is 2.82. The lowest BCUT2D eigenvalue weighted by Gasteiger charge is -2.29. The molecule has 0 aliphatic carbocycles. The van der Waals surface area contributed by atoms with E-state index >= 15 is 0 Å². The molecule has 0 atom stereocenters. The van der Waals surface area contributed by atoms with Crippen molar-refractivity contribution < 1.29 is 4.79 Å². The number of rotatable bonds is 2. The van der Waals surface area contributed by atoms with Gasteiger partial charge in [-0.3, -0.25) is 4.79 Å². The van der Waals surface area contributed by atoms with E-state index in [2.05, 4.69) is 23.6 Å². The maximum Gasteiger partial charge on any atom is 0.136 e. The van der Waals surface area contributed by atoms with Crippen molar-refractivity contribution in [3.63, 3.8) is 0 Å². The van der Waals surface area contributed by atoms with E-state index in [0.29, 0.717) is 18.6 Å². The van der Waals surface area contributed by atoms with Crippen molar-refractivity contribution in [1.82, 2.24) is 0 Å². The van der Waals surface area contributed by atoms with E-state index < -0.39 is 0 Å². The zero-order chi connectivity index (χ0) is 10.7. The number of carbonyl (C=O) groups is 1. The Morgan fingerprint density at radius 3 is 2.53 bits per heavy atom. The van der Waals surface area contributed by atoms with E-state index in [1.807, 2.05) is 18.2 Å². The van der Waals surface area contributed by atoms with Gasteiger partial charge in [-0.15, -0.1) is 0 Å². The third kappa shape index (κ3) is 2.09.